The van der Waals surface area contributed by atoms with Gasteiger partial charge in [-0.25, -0.2) is 14.3 Å². The van der Waals surface area contributed by atoms with E-state index >= 15 is 0 Å². The van der Waals surface area contributed by atoms with Gasteiger partial charge >= 0.3 is 12.1 Å². The zero-order chi connectivity index (χ0) is 19.7. The lowest BCUT2D eigenvalue weighted by Gasteiger charge is -2.37. The van der Waals surface area contributed by atoms with E-state index in [4.69, 9.17) is 4.74 Å². The van der Waals surface area contributed by atoms with Crippen LogP contribution in [-0.2, 0) is 4.74 Å². The Morgan fingerprint density at radius 2 is 1.96 bits per heavy atom. The molecule has 0 bridgehead atoms. The van der Waals surface area contributed by atoms with E-state index in [2.05, 4.69) is 10.4 Å². The third kappa shape index (κ3) is 3.54. The first kappa shape index (κ1) is 18.3. The summed E-state index contributed by atoms with van der Waals surface area (Å²) >= 11 is 0. The van der Waals surface area contributed by atoms with E-state index in [0.717, 1.165) is 11.3 Å². The van der Waals surface area contributed by atoms with Gasteiger partial charge in [-0.05, 0) is 19.1 Å². The lowest BCUT2D eigenvalue weighted by Crippen LogP contribution is -2.51. The van der Waals surface area contributed by atoms with E-state index in [1.807, 2.05) is 43.5 Å². The van der Waals surface area contributed by atoms with Crippen LogP contribution in [-0.4, -0.2) is 64.0 Å². The Morgan fingerprint density at radius 1 is 1.25 bits per heavy atom. The fourth-order valence-corrected chi connectivity index (χ4v) is 3.81. The Hall–Kier alpha value is -3.03. The van der Waals surface area contributed by atoms with Crippen molar-refractivity contribution in [2.75, 3.05) is 26.7 Å². The Morgan fingerprint density at radius 3 is 2.61 bits per heavy atom. The average molecular weight is 383 g/mol. The van der Waals surface area contributed by atoms with Crippen LogP contribution in [0.1, 0.15) is 31.4 Å². The van der Waals surface area contributed by atoms with E-state index in [9.17, 15) is 9.59 Å². The minimum atomic E-state index is -0.439. The molecule has 3 heterocycles. The fourth-order valence-electron chi connectivity index (χ4n) is 3.81. The molecule has 0 unspecified atom stereocenters. The monoisotopic (exact) mass is 383 g/mol. The summed E-state index contributed by atoms with van der Waals surface area (Å²) in [6.45, 7) is 3.69. The van der Waals surface area contributed by atoms with Crippen molar-refractivity contribution < 1.29 is 14.3 Å². The van der Waals surface area contributed by atoms with Crippen LogP contribution in [0.25, 0.3) is 5.69 Å². The van der Waals surface area contributed by atoms with Crippen LogP contribution in [0.15, 0.2) is 42.7 Å². The van der Waals surface area contributed by atoms with Crippen molar-refractivity contribution in [1.29, 1.82) is 0 Å². The standard InChI is InChI=1S/C20H25N5O3/c1-15(16-12-21-25(13-16)17-6-4-3-5-7-17)22-18(26)24-10-8-20(9-11-24)14-23(2)19(27)28-20/h3-7,12-13,15H,8-11,14H2,1-2H3,(H,22,26)/t15-/m0/s1. The first-order chi connectivity index (χ1) is 13.5. The van der Waals surface area contributed by atoms with Crippen LogP contribution < -0.4 is 5.32 Å². The van der Waals surface area contributed by atoms with Gasteiger partial charge in [-0.15, -0.1) is 0 Å². The largest absolute Gasteiger partial charge is 0.441 e. The van der Waals surface area contributed by atoms with Gasteiger partial charge in [-0.2, -0.15) is 5.10 Å². The molecule has 1 N–H and O–H groups in total. The molecule has 2 aromatic rings. The van der Waals surface area contributed by atoms with Gasteiger partial charge in [0.1, 0.15) is 5.60 Å². The molecule has 8 nitrogen and oxygen atoms in total. The number of carbonyl (C=O) groups is 2. The molecule has 148 valence electrons. The van der Waals surface area contributed by atoms with E-state index in [-0.39, 0.29) is 18.2 Å². The highest BCUT2D eigenvalue weighted by atomic mass is 16.6. The molecule has 1 aromatic carbocycles. The van der Waals surface area contributed by atoms with E-state index in [0.29, 0.717) is 32.5 Å². The predicted octanol–water partition coefficient (Wildman–Crippen LogP) is 2.56. The summed E-state index contributed by atoms with van der Waals surface area (Å²) in [5.41, 5.74) is 1.48. The second kappa shape index (κ2) is 7.18. The summed E-state index contributed by atoms with van der Waals surface area (Å²) in [4.78, 5) is 27.7. The molecule has 4 rings (SSSR count). The minimum Gasteiger partial charge on any atom is -0.441 e. The number of urea groups is 1. The molecule has 8 heteroatoms. The lowest BCUT2D eigenvalue weighted by molar-refractivity contribution is 0.00947. The Kier molecular flexibility index (Phi) is 4.70. The second-order valence-electron chi connectivity index (χ2n) is 7.62. The Bertz CT molecular complexity index is 858. The van der Waals surface area contributed by atoms with Gasteiger partial charge in [-0.1, -0.05) is 18.2 Å². The molecule has 2 aliphatic rings. The smallest absolute Gasteiger partial charge is 0.410 e. The molecule has 28 heavy (non-hydrogen) atoms. The number of ether oxygens (including phenoxy) is 1. The molecule has 1 aromatic heterocycles. The van der Waals surface area contributed by atoms with Crippen molar-refractivity contribution in [2.45, 2.75) is 31.4 Å². The van der Waals surface area contributed by atoms with Gasteiger partial charge in [0.05, 0.1) is 24.5 Å². The van der Waals surface area contributed by atoms with Gasteiger partial charge in [0.25, 0.3) is 0 Å². The molecule has 2 aliphatic heterocycles. The highest BCUT2D eigenvalue weighted by Gasteiger charge is 2.46. The number of aromatic nitrogens is 2. The molecule has 2 fully saturated rings. The number of likely N-dealkylation sites (tertiary alicyclic amines) is 1. The number of hydrogen-bond acceptors (Lipinski definition) is 4. The summed E-state index contributed by atoms with van der Waals surface area (Å²) in [5.74, 6) is 0. The highest BCUT2D eigenvalue weighted by molar-refractivity contribution is 5.75. The number of nitrogens with zero attached hydrogens (tertiary/aromatic N) is 4. The molecule has 3 amide bonds. The normalized spacial score (nSPS) is 19.6. The SMILES string of the molecule is C[C@H](NC(=O)N1CCC2(CC1)CN(C)C(=O)O2)c1cnn(-c2ccccc2)c1. The lowest BCUT2D eigenvalue weighted by atomic mass is 9.91. The molecule has 0 radical (unpaired) electrons. The van der Waals surface area contributed by atoms with Crippen molar-refractivity contribution >= 4 is 12.1 Å². The zero-order valence-corrected chi connectivity index (χ0v) is 16.2. The van der Waals surface area contributed by atoms with Crippen LogP contribution in [0.3, 0.4) is 0 Å². The number of rotatable bonds is 3. The van der Waals surface area contributed by atoms with Crippen LogP contribution in [0.4, 0.5) is 9.59 Å². The van der Waals surface area contributed by atoms with Crippen molar-refractivity contribution in [2.24, 2.45) is 0 Å². The minimum absolute atomic E-state index is 0.104. The summed E-state index contributed by atoms with van der Waals surface area (Å²) in [7, 11) is 1.74. The number of amides is 3. The molecule has 1 atom stereocenters. The summed E-state index contributed by atoms with van der Waals surface area (Å²) in [5, 5.41) is 7.43. The van der Waals surface area contributed by atoms with Crippen molar-refractivity contribution in [3.63, 3.8) is 0 Å². The number of piperidine rings is 1. The maximum absolute atomic E-state index is 12.7. The van der Waals surface area contributed by atoms with E-state index in [1.165, 1.54) is 0 Å². The number of para-hydroxylation sites is 1. The molecule has 1 spiro atoms. The van der Waals surface area contributed by atoms with Crippen LogP contribution in [0.5, 0.6) is 0 Å². The number of hydrogen-bond donors (Lipinski definition) is 1. The third-order valence-corrected chi connectivity index (χ3v) is 5.57. The second-order valence-corrected chi connectivity index (χ2v) is 7.62. The van der Waals surface area contributed by atoms with Crippen LogP contribution in [0.2, 0.25) is 0 Å². The molecule has 0 saturated carbocycles. The zero-order valence-electron chi connectivity index (χ0n) is 16.2. The number of nitrogens with one attached hydrogen (secondary N) is 1. The van der Waals surface area contributed by atoms with Crippen molar-refractivity contribution in [1.82, 2.24) is 24.9 Å². The van der Waals surface area contributed by atoms with E-state index < -0.39 is 5.60 Å². The van der Waals surface area contributed by atoms with E-state index in [1.54, 1.807) is 27.7 Å². The van der Waals surface area contributed by atoms with Gasteiger partial charge in [0.2, 0.25) is 0 Å². The highest BCUT2D eigenvalue weighted by Crippen LogP contribution is 2.32. The maximum Gasteiger partial charge on any atom is 0.410 e. The van der Waals surface area contributed by atoms with Crippen molar-refractivity contribution in [3.8, 4) is 5.69 Å². The van der Waals surface area contributed by atoms with Crippen molar-refractivity contribution in [3.05, 3.63) is 48.3 Å². The van der Waals surface area contributed by atoms with Gasteiger partial charge in [0, 0.05) is 44.7 Å². The number of benzene rings is 1. The Balaban J connectivity index is 1.33. The molecule has 0 aliphatic carbocycles. The van der Waals surface area contributed by atoms with Crippen LogP contribution >= 0.6 is 0 Å². The van der Waals surface area contributed by atoms with Crippen LogP contribution in [0, 0.1) is 0 Å². The Labute approximate surface area is 164 Å². The summed E-state index contributed by atoms with van der Waals surface area (Å²) < 4.78 is 7.34. The molecular formula is C20H25N5O3. The fraction of sp³-hybridized carbons (Fsp3) is 0.450. The quantitative estimate of drug-likeness (QED) is 0.883. The molecular weight excluding hydrogens is 358 g/mol. The third-order valence-electron chi connectivity index (χ3n) is 5.57. The van der Waals surface area contributed by atoms with Gasteiger partial charge in [0.15, 0.2) is 0 Å². The topological polar surface area (TPSA) is 79.7 Å². The number of likely N-dealkylation sites (N-methyl/N-ethyl adjacent to an activating group) is 1. The number of carbonyl (C=O) groups excluding carboxylic acids is 2. The van der Waals surface area contributed by atoms with Gasteiger partial charge in [-0.3, -0.25) is 0 Å². The predicted molar refractivity (Wildman–Crippen MR) is 103 cm³/mol. The summed E-state index contributed by atoms with van der Waals surface area (Å²) in [6, 6.07) is 9.59. The maximum atomic E-state index is 12.7. The van der Waals surface area contributed by atoms with Gasteiger partial charge < -0.3 is 19.9 Å². The molecule has 2 saturated heterocycles. The summed E-state index contributed by atoms with van der Waals surface area (Å²) in [6.07, 6.45) is 4.76. The first-order valence-electron chi connectivity index (χ1n) is 9.55. The first-order valence-corrected chi connectivity index (χ1v) is 9.55. The average Bonchev–Trinajstić information content (AvgIpc) is 3.28.